The van der Waals surface area contributed by atoms with Gasteiger partial charge in [0.25, 0.3) is 0 Å². The minimum absolute atomic E-state index is 0.274. The minimum atomic E-state index is -0.680. The quantitative estimate of drug-likeness (QED) is 0.911. The third-order valence-electron chi connectivity index (χ3n) is 2.55. The molecular formula is C13H13ClN2O2S. The summed E-state index contributed by atoms with van der Waals surface area (Å²) in [4.78, 5) is 12.8. The first-order valence-corrected chi connectivity index (χ1v) is 6.81. The van der Waals surface area contributed by atoms with Gasteiger partial charge >= 0.3 is 0 Å². The number of nitrogens with one attached hydrogen (secondary N) is 1. The Morgan fingerprint density at radius 3 is 2.84 bits per heavy atom. The van der Waals surface area contributed by atoms with Crippen LogP contribution in [0.3, 0.4) is 0 Å². The van der Waals surface area contributed by atoms with E-state index in [0.29, 0.717) is 16.5 Å². The smallest absolute Gasteiger partial charge is 0.246 e. The molecule has 2 aromatic rings. The highest BCUT2D eigenvalue weighted by atomic mass is 35.5. The van der Waals surface area contributed by atoms with Crippen LogP contribution in [-0.2, 0) is 4.79 Å². The lowest BCUT2D eigenvalue weighted by molar-refractivity contribution is -0.117. The number of carbonyl (C=O) groups is 1. The predicted molar refractivity (Wildman–Crippen MR) is 77.9 cm³/mol. The number of anilines is 1. The van der Waals surface area contributed by atoms with Crippen LogP contribution in [0.15, 0.2) is 35.7 Å². The maximum Gasteiger partial charge on any atom is 0.246 e. The Bertz CT molecular complexity index is 572. The molecule has 2 rings (SSSR count). The van der Waals surface area contributed by atoms with Crippen molar-refractivity contribution in [1.82, 2.24) is 0 Å². The van der Waals surface area contributed by atoms with Crippen molar-refractivity contribution in [3.05, 3.63) is 45.6 Å². The number of hydrogen-bond acceptors (Lipinski definition) is 4. The van der Waals surface area contributed by atoms with Gasteiger partial charge < -0.3 is 15.8 Å². The lowest BCUT2D eigenvalue weighted by Crippen LogP contribution is -2.26. The summed E-state index contributed by atoms with van der Waals surface area (Å²) in [5, 5.41) is 5.04. The third-order valence-corrected chi connectivity index (χ3v) is 3.80. The summed E-state index contributed by atoms with van der Waals surface area (Å²) in [6.45, 7) is 0. The van der Waals surface area contributed by atoms with Crippen LogP contribution in [0, 0.1) is 0 Å². The zero-order valence-electron chi connectivity index (χ0n) is 10.2. The number of amides is 1. The van der Waals surface area contributed by atoms with Crippen molar-refractivity contribution in [2.24, 2.45) is 5.73 Å². The van der Waals surface area contributed by atoms with Gasteiger partial charge in [0.15, 0.2) is 0 Å². The molecule has 19 heavy (non-hydrogen) atoms. The average molecular weight is 297 g/mol. The summed E-state index contributed by atoms with van der Waals surface area (Å²) in [5.41, 5.74) is 6.45. The molecule has 0 aliphatic heterocycles. The van der Waals surface area contributed by atoms with Gasteiger partial charge in [0.2, 0.25) is 5.91 Å². The van der Waals surface area contributed by atoms with E-state index in [0.717, 1.165) is 4.88 Å². The Kier molecular flexibility index (Phi) is 4.42. The van der Waals surface area contributed by atoms with Gasteiger partial charge in [0.1, 0.15) is 11.8 Å². The fourth-order valence-corrected chi connectivity index (χ4v) is 2.54. The molecular weight excluding hydrogens is 284 g/mol. The summed E-state index contributed by atoms with van der Waals surface area (Å²) >= 11 is 7.43. The lowest BCUT2D eigenvalue weighted by atomic mass is 10.2. The SMILES string of the molecule is COc1ccc(NC(=O)C(N)c2cccs2)cc1Cl. The van der Waals surface area contributed by atoms with Crippen LogP contribution >= 0.6 is 22.9 Å². The van der Waals surface area contributed by atoms with Crippen molar-refractivity contribution >= 4 is 34.5 Å². The van der Waals surface area contributed by atoms with E-state index in [2.05, 4.69) is 5.32 Å². The maximum absolute atomic E-state index is 12.0. The summed E-state index contributed by atoms with van der Waals surface area (Å²) < 4.78 is 5.04. The predicted octanol–water partition coefficient (Wildman–Crippen LogP) is 3.05. The van der Waals surface area contributed by atoms with E-state index in [1.807, 2.05) is 17.5 Å². The topological polar surface area (TPSA) is 64.3 Å². The first-order chi connectivity index (χ1) is 9.11. The largest absolute Gasteiger partial charge is 0.495 e. The molecule has 0 fully saturated rings. The van der Waals surface area contributed by atoms with Gasteiger partial charge in [0, 0.05) is 10.6 Å². The molecule has 3 N–H and O–H groups in total. The number of ether oxygens (including phenoxy) is 1. The summed E-state index contributed by atoms with van der Waals surface area (Å²) in [5.74, 6) is 0.283. The molecule has 100 valence electrons. The Labute approximate surface area is 120 Å². The Hall–Kier alpha value is -1.56. The molecule has 0 bridgehead atoms. The molecule has 0 spiro atoms. The van der Waals surface area contributed by atoms with Gasteiger partial charge in [-0.2, -0.15) is 0 Å². The zero-order valence-corrected chi connectivity index (χ0v) is 11.8. The number of rotatable bonds is 4. The molecule has 1 aromatic heterocycles. The van der Waals surface area contributed by atoms with E-state index >= 15 is 0 Å². The molecule has 1 amide bonds. The first kappa shape index (κ1) is 13.9. The fraction of sp³-hybridized carbons (Fsp3) is 0.154. The number of halogens is 1. The fourth-order valence-electron chi connectivity index (χ4n) is 1.56. The van der Waals surface area contributed by atoms with Crippen LogP contribution < -0.4 is 15.8 Å². The zero-order chi connectivity index (χ0) is 13.8. The van der Waals surface area contributed by atoms with Gasteiger partial charge in [-0.3, -0.25) is 4.79 Å². The molecule has 1 aromatic carbocycles. The van der Waals surface area contributed by atoms with E-state index in [1.165, 1.54) is 18.4 Å². The molecule has 0 aliphatic carbocycles. The van der Waals surface area contributed by atoms with Crippen molar-refractivity contribution in [3.8, 4) is 5.75 Å². The summed E-state index contributed by atoms with van der Waals surface area (Å²) in [7, 11) is 1.53. The summed E-state index contributed by atoms with van der Waals surface area (Å²) in [6, 6.07) is 8.03. The third kappa shape index (κ3) is 3.26. The second-order valence-corrected chi connectivity index (χ2v) is 5.22. The number of methoxy groups -OCH3 is 1. The molecule has 1 atom stereocenters. The normalized spacial score (nSPS) is 11.9. The molecule has 0 saturated heterocycles. The van der Waals surface area contributed by atoms with Crippen LogP contribution in [0.1, 0.15) is 10.9 Å². The molecule has 0 aliphatic rings. The second-order valence-electron chi connectivity index (χ2n) is 3.83. The highest BCUT2D eigenvalue weighted by Crippen LogP contribution is 2.27. The van der Waals surface area contributed by atoms with Gasteiger partial charge in [-0.05, 0) is 29.6 Å². The van der Waals surface area contributed by atoms with E-state index in [4.69, 9.17) is 22.1 Å². The first-order valence-electron chi connectivity index (χ1n) is 5.55. The number of hydrogen-bond donors (Lipinski definition) is 2. The van der Waals surface area contributed by atoms with Crippen LogP contribution in [0.25, 0.3) is 0 Å². The number of nitrogens with two attached hydrogens (primary N) is 1. The van der Waals surface area contributed by atoms with Gasteiger partial charge in [-0.1, -0.05) is 17.7 Å². The summed E-state index contributed by atoms with van der Waals surface area (Å²) in [6.07, 6.45) is 0. The highest BCUT2D eigenvalue weighted by Gasteiger charge is 2.17. The van der Waals surface area contributed by atoms with E-state index in [9.17, 15) is 4.79 Å². The highest BCUT2D eigenvalue weighted by molar-refractivity contribution is 7.10. The van der Waals surface area contributed by atoms with Crippen molar-refractivity contribution in [3.63, 3.8) is 0 Å². The lowest BCUT2D eigenvalue weighted by Gasteiger charge is -2.11. The van der Waals surface area contributed by atoms with Crippen molar-refractivity contribution < 1.29 is 9.53 Å². The van der Waals surface area contributed by atoms with E-state index in [1.54, 1.807) is 18.2 Å². The number of benzene rings is 1. The maximum atomic E-state index is 12.0. The van der Waals surface area contributed by atoms with Crippen molar-refractivity contribution in [1.29, 1.82) is 0 Å². The molecule has 0 saturated carbocycles. The average Bonchev–Trinajstić information content (AvgIpc) is 2.92. The van der Waals surface area contributed by atoms with Crippen molar-refractivity contribution in [2.75, 3.05) is 12.4 Å². The Balaban J connectivity index is 2.09. The van der Waals surface area contributed by atoms with Crippen LogP contribution in [0.5, 0.6) is 5.75 Å². The number of carbonyl (C=O) groups excluding carboxylic acids is 1. The van der Waals surface area contributed by atoms with Gasteiger partial charge in [-0.15, -0.1) is 11.3 Å². The Morgan fingerprint density at radius 1 is 1.47 bits per heavy atom. The van der Waals surface area contributed by atoms with Crippen LogP contribution in [-0.4, -0.2) is 13.0 Å². The number of thiophene rings is 1. The van der Waals surface area contributed by atoms with Crippen molar-refractivity contribution in [2.45, 2.75) is 6.04 Å². The van der Waals surface area contributed by atoms with Gasteiger partial charge in [0.05, 0.1) is 12.1 Å². The van der Waals surface area contributed by atoms with Crippen LogP contribution in [0.4, 0.5) is 5.69 Å². The Morgan fingerprint density at radius 2 is 2.26 bits per heavy atom. The van der Waals surface area contributed by atoms with Gasteiger partial charge in [-0.25, -0.2) is 0 Å². The molecule has 1 heterocycles. The minimum Gasteiger partial charge on any atom is -0.495 e. The molecule has 1 unspecified atom stereocenters. The second kappa shape index (κ2) is 6.06. The van der Waals surface area contributed by atoms with E-state index < -0.39 is 6.04 Å². The standard InChI is InChI=1S/C13H13ClN2O2S/c1-18-10-5-4-8(7-9(10)14)16-13(17)12(15)11-3-2-6-19-11/h2-7,12H,15H2,1H3,(H,16,17). The van der Waals surface area contributed by atoms with E-state index in [-0.39, 0.29) is 5.91 Å². The molecule has 0 radical (unpaired) electrons. The monoisotopic (exact) mass is 296 g/mol. The molecule has 4 nitrogen and oxygen atoms in total. The van der Waals surface area contributed by atoms with Crippen LogP contribution in [0.2, 0.25) is 5.02 Å². The molecule has 6 heteroatoms.